The summed E-state index contributed by atoms with van der Waals surface area (Å²) in [4.78, 5) is 16.9. The minimum Gasteiger partial charge on any atom is -0.496 e. The molecule has 0 aliphatic carbocycles. The van der Waals surface area contributed by atoms with Gasteiger partial charge in [0.2, 0.25) is 5.91 Å². The van der Waals surface area contributed by atoms with Crippen molar-refractivity contribution in [2.45, 2.75) is 58.5 Å². The lowest BCUT2D eigenvalue weighted by atomic mass is 10.0. The average Bonchev–Trinajstić information content (AvgIpc) is 2.62. The van der Waals surface area contributed by atoms with Crippen LogP contribution in [0.15, 0.2) is 24.3 Å². The Balaban J connectivity index is 1.92. The van der Waals surface area contributed by atoms with E-state index in [1.165, 1.54) is 25.8 Å². The molecule has 0 saturated carbocycles. The van der Waals surface area contributed by atoms with E-state index in [2.05, 4.69) is 11.8 Å². The van der Waals surface area contributed by atoms with Crippen LogP contribution in [0, 0.1) is 0 Å². The van der Waals surface area contributed by atoms with Gasteiger partial charge in [0.15, 0.2) is 0 Å². The second-order valence-corrected chi connectivity index (χ2v) is 6.72. The highest BCUT2D eigenvalue weighted by molar-refractivity contribution is 5.75. The van der Waals surface area contributed by atoms with Crippen LogP contribution < -0.4 is 4.74 Å². The van der Waals surface area contributed by atoms with Gasteiger partial charge in [-0.05, 0) is 38.8 Å². The summed E-state index contributed by atoms with van der Waals surface area (Å²) in [6.07, 6.45) is 5.55. The Hall–Kier alpha value is -1.55. The Morgan fingerprint density at radius 3 is 2.83 bits per heavy atom. The van der Waals surface area contributed by atoms with Crippen LogP contribution in [0.5, 0.6) is 5.75 Å². The lowest BCUT2D eigenvalue weighted by molar-refractivity contribution is -0.131. The molecule has 0 aromatic heterocycles. The van der Waals surface area contributed by atoms with Crippen molar-refractivity contribution in [3.8, 4) is 5.75 Å². The molecule has 0 bridgehead atoms. The Labute approximate surface area is 146 Å². The molecule has 1 aliphatic rings. The largest absolute Gasteiger partial charge is 0.496 e. The number of carbonyl (C=O) groups excluding carboxylic acids is 1. The summed E-state index contributed by atoms with van der Waals surface area (Å²) in [6.45, 7) is 7.99. The Morgan fingerprint density at radius 2 is 2.12 bits per heavy atom. The van der Waals surface area contributed by atoms with Crippen molar-refractivity contribution in [2.24, 2.45) is 0 Å². The van der Waals surface area contributed by atoms with Crippen LogP contribution in [0.1, 0.15) is 51.5 Å². The molecule has 0 N–H and O–H groups in total. The second-order valence-electron chi connectivity index (χ2n) is 6.72. The first-order valence-electron chi connectivity index (χ1n) is 9.29. The number of para-hydroxylation sites is 1. The zero-order valence-electron chi connectivity index (χ0n) is 15.5. The summed E-state index contributed by atoms with van der Waals surface area (Å²) < 4.78 is 5.43. The first kappa shape index (κ1) is 18.8. The topological polar surface area (TPSA) is 32.8 Å². The van der Waals surface area contributed by atoms with Crippen molar-refractivity contribution in [3.63, 3.8) is 0 Å². The number of nitrogens with zero attached hydrogens (tertiary/aromatic N) is 2. The molecular weight excluding hydrogens is 300 g/mol. The molecule has 1 amide bonds. The third kappa shape index (κ3) is 5.23. The van der Waals surface area contributed by atoms with Crippen molar-refractivity contribution >= 4 is 5.91 Å². The summed E-state index contributed by atoms with van der Waals surface area (Å²) >= 11 is 0. The Kier molecular flexibility index (Phi) is 7.57. The molecule has 1 saturated heterocycles. The second kappa shape index (κ2) is 9.67. The lowest BCUT2D eigenvalue weighted by Crippen LogP contribution is -2.40. The summed E-state index contributed by atoms with van der Waals surface area (Å²) in [6, 6.07) is 8.65. The summed E-state index contributed by atoms with van der Waals surface area (Å²) in [5, 5.41) is 0. The number of carbonyl (C=O) groups is 1. The first-order chi connectivity index (χ1) is 11.7. The number of rotatable bonds is 8. The third-order valence-electron chi connectivity index (χ3n) is 5.02. The Morgan fingerprint density at radius 1 is 1.33 bits per heavy atom. The summed E-state index contributed by atoms with van der Waals surface area (Å²) in [7, 11) is 1.68. The number of hydrogen-bond donors (Lipinski definition) is 0. The number of amides is 1. The fourth-order valence-corrected chi connectivity index (χ4v) is 3.51. The van der Waals surface area contributed by atoms with Gasteiger partial charge in [-0.25, -0.2) is 0 Å². The molecule has 1 aromatic carbocycles. The summed E-state index contributed by atoms with van der Waals surface area (Å²) in [5.41, 5.74) is 1.08. The molecule has 134 valence electrons. The van der Waals surface area contributed by atoms with E-state index in [1.54, 1.807) is 7.11 Å². The molecule has 1 heterocycles. The molecule has 2 rings (SSSR count). The predicted octanol–water partition coefficient (Wildman–Crippen LogP) is 3.70. The highest BCUT2D eigenvalue weighted by atomic mass is 16.5. The van der Waals surface area contributed by atoms with Gasteiger partial charge in [-0.3, -0.25) is 4.79 Å². The molecule has 1 atom stereocenters. The zero-order chi connectivity index (χ0) is 17.4. The number of ether oxygens (including phenoxy) is 1. The van der Waals surface area contributed by atoms with Gasteiger partial charge in [-0.15, -0.1) is 0 Å². The molecular formula is C20H32N2O2. The first-order valence-corrected chi connectivity index (χ1v) is 9.29. The molecule has 0 radical (unpaired) electrons. The van der Waals surface area contributed by atoms with Crippen LogP contribution in [0.3, 0.4) is 0 Å². The monoisotopic (exact) mass is 332 g/mol. The molecule has 4 nitrogen and oxygen atoms in total. The van der Waals surface area contributed by atoms with Gasteiger partial charge >= 0.3 is 0 Å². The van der Waals surface area contributed by atoms with Gasteiger partial charge in [0.05, 0.1) is 7.11 Å². The van der Waals surface area contributed by atoms with Crippen LogP contribution in [0.2, 0.25) is 0 Å². The van der Waals surface area contributed by atoms with Crippen molar-refractivity contribution in [3.05, 3.63) is 29.8 Å². The molecule has 4 heteroatoms. The van der Waals surface area contributed by atoms with E-state index in [9.17, 15) is 4.79 Å². The zero-order valence-corrected chi connectivity index (χ0v) is 15.5. The molecule has 1 fully saturated rings. The van der Waals surface area contributed by atoms with Crippen molar-refractivity contribution in [1.82, 2.24) is 9.80 Å². The van der Waals surface area contributed by atoms with E-state index in [-0.39, 0.29) is 5.91 Å². The molecule has 1 aliphatic heterocycles. The predicted molar refractivity (Wildman–Crippen MR) is 98.2 cm³/mol. The van der Waals surface area contributed by atoms with E-state index in [4.69, 9.17) is 4.74 Å². The molecule has 1 unspecified atom stereocenters. The van der Waals surface area contributed by atoms with Crippen molar-refractivity contribution in [1.29, 1.82) is 0 Å². The minimum absolute atomic E-state index is 0.215. The number of likely N-dealkylation sites (tertiary alicyclic amines) is 1. The van der Waals surface area contributed by atoms with Gasteiger partial charge in [0.25, 0.3) is 0 Å². The fraction of sp³-hybridized carbons (Fsp3) is 0.650. The van der Waals surface area contributed by atoms with Gasteiger partial charge in [-0.1, -0.05) is 31.5 Å². The molecule has 1 aromatic rings. The van der Waals surface area contributed by atoms with Crippen molar-refractivity contribution in [2.75, 3.05) is 26.7 Å². The maximum atomic E-state index is 12.3. The van der Waals surface area contributed by atoms with E-state index in [1.807, 2.05) is 36.1 Å². The standard InChI is InChI=1S/C20H32N2O2/c1-4-20(23)22(16-18-11-5-6-12-19(18)24-3)15-9-14-21-13-8-7-10-17(21)2/h5-6,11-12,17H,4,7-10,13-16H2,1-3H3. The minimum atomic E-state index is 0.215. The highest BCUT2D eigenvalue weighted by Crippen LogP contribution is 2.20. The number of hydrogen-bond acceptors (Lipinski definition) is 3. The normalized spacial score (nSPS) is 18.4. The summed E-state index contributed by atoms with van der Waals surface area (Å²) in [5.74, 6) is 1.07. The Bertz CT molecular complexity index is 518. The van der Waals surface area contributed by atoms with Crippen LogP contribution in [0.25, 0.3) is 0 Å². The van der Waals surface area contributed by atoms with E-state index < -0.39 is 0 Å². The quantitative estimate of drug-likeness (QED) is 0.728. The number of methoxy groups -OCH3 is 1. The van der Waals surface area contributed by atoms with Crippen molar-refractivity contribution < 1.29 is 9.53 Å². The molecule has 0 spiro atoms. The molecule has 24 heavy (non-hydrogen) atoms. The van der Waals surface area contributed by atoms with E-state index in [0.29, 0.717) is 19.0 Å². The van der Waals surface area contributed by atoms with Crippen LogP contribution in [-0.4, -0.2) is 48.5 Å². The fourth-order valence-electron chi connectivity index (χ4n) is 3.51. The van der Waals surface area contributed by atoms with E-state index >= 15 is 0 Å². The maximum Gasteiger partial charge on any atom is 0.222 e. The number of benzene rings is 1. The van der Waals surface area contributed by atoms with Crippen LogP contribution >= 0.6 is 0 Å². The van der Waals surface area contributed by atoms with Gasteiger partial charge in [-0.2, -0.15) is 0 Å². The number of piperidine rings is 1. The SMILES string of the molecule is CCC(=O)N(CCCN1CCCCC1C)Cc1ccccc1OC. The van der Waals surface area contributed by atoms with Crippen LogP contribution in [-0.2, 0) is 11.3 Å². The van der Waals surface area contributed by atoms with Gasteiger partial charge < -0.3 is 14.5 Å². The van der Waals surface area contributed by atoms with Gasteiger partial charge in [0.1, 0.15) is 5.75 Å². The third-order valence-corrected chi connectivity index (χ3v) is 5.02. The highest BCUT2D eigenvalue weighted by Gasteiger charge is 2.19. The lowest BCUT2D eigenvalue weighted by Gasteiger charge is -2.34. The average molecular weight is 332 g/mol. The van der Waals surface area contributed by atoms with Gasteiger partial charge in [0, 0.05) is 37.7 Å². The smallest absolute Gasteiger partial charge is 0.222 e. The van der Waals surface area contributed by atoms with E-state index in [0.717, 1.165) is 30.8 Å². The maximum absolute atomic E-state index is 12.3. The van der Waals surface area contributed by atoms with Crippen LogP contribution in [0.4, 0.5) is 0 Å².